The molecule has 4 nitrogen and oxygen atoms in total. The van der Waals surface area contributed by atoms with Crippen LogP contribution in [0.5, 0.6) is 0 Å². The Morgan fingerprint density at radius 1 is 1.40 bits per heavy atom. The number of benzene rings is 1. The lowest BCUT2D eigenvalue weighted by Crippen LogP contribution is -2.47. The van der Waals surface area contributed by atoms with Gasteiger partial charge >= 0.3 is 0 Å². The van der Waals surface area contributed by atoms with Crippen LogP contribution in [0.3, 0.4) is 0 Å². The number of aliphatic hydroxyl groups excluding tert-OH is 1. The lowest BCUT2D eigenvalue weighted by Gasteiger charge is -2.33. The van der Waals surface area contributed by atoms with E-state index in [1.54, 1.807) is 18.2 Å². The van der Waals surface area contributed by atoms with Crippen molar-refractivity contribution in [2.45, 2.75) is 31.9 Å². The van der Waals surface area contributed by atoms with Crippen molar-refractivity contribution >= 4 is 34.8 Å². The zero-order chi connectivity index (χ0) is 14.7. The molecule has 0 radical (unpaired) electrons. The molecule has 1 saturated heterocycles. The standard InChI is InChI=1S/C14H18Cl2N2O2/c1-9(18-6-4-11(19)5-7-18)14(20)17-13-8-10(15)2-3-12(13)16/h2-3,8-9,11,19H,4-7H2,1H3,(H,17,20). The third kappa shape index (κ3) is 3.85. The predicted octanol–water partition coefficient (Wildman–Crippen LogP) is 2.78. The Kier molecular flexibility index (Phi) is 5.27. The van der Waals surface area contributed by atoms with Gasteiger partial charge in [-0.05, 0) is 38.0 Å². The summed E-state index contributed by atoms with van der Waals surface area (Å²) in [6.45, 7) is 3.30. The Bertz CT molecular complexity index is 488. The van der Waals surface area contributed by atoms with Crippen LogP contribution in [0.15, 0.2) is 18.2 Å². The number of nitrogens with one attached hydrogen (secondary N) is 1. The lowest BCUT2D eigenvalue weighted by molar-refractivity contribution is -0.121. The zero-order valence-corrected chi connectivity index (χ0v) is 12.8. The number of aliphatic hydroxyl groups is 1. The average Bonchev–Trinajstić information content (AvgIpc) is 2.43. The fourth-order valence-electron chi connectivity index (χ4n) is 2.27. The summed E-state index contributed by atoms with van der Waals surface area (Å²) in [7, 11) is 0. The number of likely N-dealkylation sites (tertiary alicyclic amines) is 1. The fraction of sp³-hybridized carbons (Fsp3) is 0.500. The first-order valence-corrected chi connectivity index (χ1v) is 7.41. The Hall–Kier alpha value is -0.810. The van der Waals surface area contributed by atoms with Gasteiger partial charge in [0, 0.05) is 18.1 Å². The van der Waals surface area contributed by atoms with Crippen LogP contribution in [0.2, 0.25) is 10.0 Å². The van der Waals surface area contributed by atoms with Crippen LogP contribution in [0, 0.1) is 0 Å². The summed E-state index contributed by atoms with van der Waals surface area (Å²) in [5, 5.41) is 13.3. The summed E-state index contributed by atoms with van der Waals surface area (Å²) in [6.07, 6.45) is 1.16. The van der Waals surface area contributed by atoms with Crippen molar-refractivity contribution in [3.8, 4) is 0 Å². The molecule has 1 amide bonds. The van der Waals surface area contributed by atoms with Crippen molar-refractivity contribution in [2.24, 2.45) is 0 Å². The van der Waals surface area contributed by atoms with Crippen LogP contribution in [0.4, 0.5) is 5.69 Å². The van der Waals surface area contributed by atoms with Crippen LogP contribution in [0.1, 0.15) is 19.8 Å². The molecule has 0 aliphatic carbocycles. The van der Waals surface area contributed by atoms with E-state index < -0.39 is 0 Å². The fourth-order valence-corrected chi connectivity index (χ4v) is 2.61. The normalized spacial score (nSPS) is 18.8. The predicted molar refractivity (Wildman–Crippen MR) is 81.4 cm³/mol. The van der Waals surface area contributed by atoms with Crippen molar-refractivity contribution in [1.29, 1.82) is 0 Å². The van der Waals surface area contributed by atoms with Crippen LogP contribution < -0.4 is 5.32 Å². The third-order valence-electron chi connectivity index (χ3n) is 3.61. The van der Waals surface area contributed by atoms with Gasteiger partial charge in [0.1, 0.15) is 0 Å². The molecule has 1 unspecified atom stereocenters. The van der Waals surface area contributed by atoms with Gasteiger partial charge in [-0.15, -0.1) is 0 Å². The third-order valence-corrected chi connectivity index (χ3v) is 4.18. The molecule has 1 heterocycles. The minimum atomic E-state index is -0.266. The number of carbonyl (C=O) groups is 1. The van der Waals surface area contributed by atoms with Gasteiger partial charge in [-0.1, -0.05) is 23.2 Å². The van der Waals surface area contributed by atoms with E-state index in [2.05, 4.69) is 10.2 Å². The van der Waals surface area contributed by atoms with Crippen molar-refractivity contribution in [3.63, 3.8) is 0 Å². The summed E-state index contributed by atoms with van der Waals surface area (Å²) in [5.41, 5.74) is 0.521. The molecule has 1 aliphatic heterocycles. The van der Waals surface area contributed by atoms with E-state index in [-0.39, 0.29) is 18.1 Å². The lowest BCUT2D eigenvalue weighted by atomic mass is 10.1. The molecule has 2 rings (SSSR count). The van der Waals surface area contributed by atoms with Gasteiger partial charge in [0.15, 0.2) is 0 Å². The smallest absolute Gasteiger partial charge is 0.241 e. The van der Waals surface area contributed by atoms with E-state index >= 15 is 0 Å². The molecule has 0 saturated carbocycles. The number of rotatable bonds is 3. The first-order chi connectivity index (χ1) is 9.47. The number of hydrogen-bond donors (Lipinski definition) is 2. The van der Waals surface area contributed by atoms with Crippen LogP contribution in [0.25, 0.3) is 0 Å². The number of halogens is 2. The van der Waals surface area contributed by atoms with E-state index in [1.807, 2.05) is 6.92 Å². The molecule has 0 bridgehead atoms. The van der Waals surface area contributed by atoms with Gasteiger partial charge in [-0.25, -0.2) is 0 Å². The first-order valence-electron chi connectivity index (χ1n) is 6.65. The molecule has 6 heteroatoms. The monoisotopic (exact) mass is 316 g/mol. The van der Waals surface area contributed by atoms with Gasteiger partial charge in [-0.2, -0.15) is 0 Å². The van der Waals surface area contributed by atoms with Crippen LogP contribution in [-0.2, 0) is 4.79 Å². The molecule has 1 fully saturated rings. The Morgan fingerprint density at radius 3 is 2.70 bits per heavy atom. The minimum absolute atomic E-state index is 0.120. The van der Waals surface area contributed by atoms with E-state index in [4.69, 9.17) is 23.2 Å². The highest BCUT2D eigenvalue weighted by Gasteiger charge is 2.26. The second kappa shape index (κ2) is 6.76. The largest absolute Gasteiger partial charge is 0.393 e. The number of anilines is 1. The van der Waals surface area contributed by atoms with E-state index in [0.717, 1.165) is 13.1 Å². The Morgan fingerprint density at radius 2 is 2.05 bits per heavy atom. The molecule has 0 aromatic heterocycles. The molecular weight excluding hydrogens is 299 g/mol. The van der Waals surface area contributed by atoms with E-state index in [1.165, 1.54) is 0 Å². The zero-order valence-electron chi connectivity index (χ0n) is 11.3. The molecule has 0 spiro atoms. The SMILES string of the molecule is CC(C(=O)Nc1cc(Cl)ccc1Cl)N1CCC(O)CC1. The second-order valence-corrected chi connectivity index (χ2v) is 5.90. The summed E-state index contributed by atoms with van der Waals surface area (Å²) in [5.74, 6) is -0.120. The van der Waals surface area contributed by atoms with E-state index in [9.17, 15) is 9.90 Å². The summed E-state index contributed by atoms with van der Waals surface area (Å²) >= 11 is 11.9. The van der Waals surface area contributed by atoms with Gasteiger partial charge in [-0.3, -0.25) is 9.69 Å². The van der Waals surface area contributed by atoms with Crippen molar-refractivity contribution in [2.75, 3.05) is 18.4 Å². The topological polar surface area (TPSA) is 52.6 Å². The number of amides is 1. The second-order valence-electron chi connectivity index (χ2n) is 5.06. The maximum Gasteiger partial charge on any atom is 0.241 e. The maximum absolute atomic E-state index is 12.2. The van der Waals surface area contributed by atoms with Crippen molar-refractivity contribution in [1.82, 2.24) is 4.90 Å². The molecule has 1 aromatic rings. The molecular formula is C14H18Cl2N2O2. The Labute approximate surface area is 128 Å². The summed E-state index contributed by atoms with van der Waals surface area (Å²) < 4.78 is 0. The molecule has 1 aliphatic rings. The van der Waals surface area contributed by atoms with Gasteiger partial charge in [0.25, 0.3) is 0 Å². The first kappa shape index (κ1) is 15.6. The quantitative estimate of drug-likeness (QED) is 0.901. The van der Waals surface area contributed by atoms with Gasteiger partial charge < -0.3 is 10.4 Å². The highest BCUT2D eigenvalue weighted by atomic mass is 35.5. The van der Waals surface area contributed by atoms with Gasteiger partial charge in [0.05, 0.1) is 22.9 Å². The number of piperidine rings is 1. The molecule has 2 N–H and O–H groups in total. The van der Waals surface area contributed by atoms with E-state index in [0.29, 0.717) is 28.6 Å². The minimum Gasteiger partial charge on any atom is -0.393 e. The molecule has 1 atom stereocenters. The highest BCUT2D eigenvalue weighted by Crippen LogP contribution is 2.26. The molecule has 1 aromatic carbocycles. The Balaban J connectivity index is 1.99. The van der Waals surface area contributed by atoms with Crippen molar-refractivity contribution in [3.05, 3.63) is 28.2 Å². The molecule has 20 heavy (non-hydrogen) atoms. The summed E-state index contributed by atoms with van der Waals surface area (Å²) in [4.78, 5) is 14.3. The van der Waals surface area contributed by atoms with Crippen molar-refractivity contribution < 1.29 is 9.90 Å². The summed E-state index contributed by atoms with van der Waals surface area (Å²) in [6, 6.07) is 4.70. The number of hydrogen-bond acceptors (Lipinski definition) is 3. The highest BCUT2D eigenvalue weighted by molar-refractivity contribution is 6.35. The number of carbonyl (C=O) groups excluding carboxylic acids is 1. The van der Waals surface area contributed by atoms with Crippen LogP contribution in [-0.4, -0.2) is 41.1 Å². The number of nitrogens with zero attached hydrogens (tertiary/aromatic N) is 1. The van der Waals surface area contributed by atoms with Crippen LogP contribution >= 0.6 is 23.2 Å². The molecule has 110 valence electrons. The van der Waals surface area contributed by atoms with Gasteiger partial charge in [0.2, 0.25) is 5.91 Å². The average molecular weight is 317 g/mol. The maximum atomic E-state index is 12.2.